The number of hydrogen-bond acceptors (Lipinski definition) is 5. The minimum absolute atomic E-state index is 0.0535. The van der Waals surface area contributed by atoms with Crippen molar-refractivity contribution in [3.8, 4) is 34.6 Å². The van der Waals surface area contributed by atoms with Crippen LogP contribution in [0.1, 0.15) is 0 Å². The molecule has 0 bridgehead atoms. The molecule has 0 saturated carbocycles. The Kier molecular flexibility index (Phi) is 4.70. The van der Waals surface area contributed by atoms with Crippen LogP contribution in [0, 0.1) is 0 Å². The van der Waals surface area contributed by atoms with Crippen molar-refractivity contribution < 1.29 is 27.8 Å². The molecule has 1 N–H and O–H groups in total. The first-order valence-corrected chi connectivity index (χ1v) is 7.46. The van der Waals surface area contributed by atoms with Gasteiger partial charge in [-0.05, 0) is 48.5 Å². The van der Waals surface area contributed by atoms with Gasteiger partial charge in [0.25, 0.3) is 0 Å². The van der Waals surface area contributed by atoms with Gasteiger partial charge in [-0.25, -0.2) is 4.68 Å². The van der Waals surface area contributed by atoms with Crippen LogP contribution in [-0.2, 0) is 0 Å². The summed E-state index contributed by atoms with van der Waals surface area (Å²) in [6, 6.07) is 12.4. The molecule has 26 heavy (non-hydrogen) atoms. The van der Waals surface area contributed by atoms with Crippen molar-refractivity contribution >= 4 is 0 Å². The summed E-state index contributed by atoms with van der Waals surface area (Å²) in [5.74, 6) is 0.943. The number of hydrogen-bond donors (Lipinski definition) is 1. The molecular formula is C17H14F3N3O3. The summed E-state index contributed by atoms with van der Waals surface area (Å²) in [6.07, 6.45) is -4.50. The molecule has 0 radical (unpaired) electrons. The van der Waals surface area contributed by atoms with Crippen LogP contribution in [0.2, 0.25) is 0 Å². The van der Waals surface area contributed by atoms with Gasteiger partial charge in [0.05, 0.1) is 12.8 Å². The summed E-state index contributed by atoms with van der Waals surface area (Å²) >= 11 is 0. The Morgan fingerprint density at radius 2 is 1.69 bits per heavy atom. The van der Waals surface area contributed by atoms with Crippen molar-refractivity contribution in [2.24, 2.45) is 0 Å². The molecule has 0 aliphatic rings. The third-order valence-corrected chi connectivity index (χ3v) is 3.40. The minimum Gasteiger partial charge on any atom is -0.508 e. The Morgan fingerprint density at radius 3 is 2.27 bits per heavy atom. The van der Waals surface area contributed by atoms with Gasteiger partial charge in [0.1, 0.15) is 11.5 Å². The van der Waals surface area contributed by atoms with Gasteiger partial charge < -0.3 is 14.6 Å². The maximum Gasteiger partial charge on any atom is 0.422 e. The van der Waals surface area contributed by atoms with E-state index in [-0.39, 0.29) is 11.6 Å². The molecular weight excluding hydrogens is 351 g/mol. The summed E-state index contributed by atoms with van der Waals surface area (Å²) in [7, 11) is 1.52. The average Bonchev–Trinajstić information content (AvgIpc) is 3.04. The quantitative estimate of drug-likeness (QED) is 0.748. The van der Waals surface area contributed by atoms with Crippen molar-refractivity contribution in [3.05, 3.63) is 48.5 Å². The van der Waals surface area contributed by atoms with Crippen LogP contribution >= 0.6 is 0 Å². The first-order valence-electron chi connectivity index (χ1n) is 7.46. The van der Waals surface area contributed by atoms with Gasteiger partial charge in [-0.1, -0.05) is 0 Å². The van der Waals surface area contributed by atoms with Gasteiger partial charge >= 0.3 is 12.2 Å². The molecule has 1 aromatic heterocycles. The molecule has 6 nitrogen and oxygen atoms in total. The zero-order valence-electron chi connectivity index (χ0n) is 13.6. The largest absolute Gasteiger partial charge is 0.508 e. The summed E-state index contributed by atoms with van der Waals surface area (Å²) in [5.41, 5.74) is 1.11. The van der Waals surface area contributed by atoms with Gasteiger partial charge in [-0.2, -0.15) is 18.2 Å². The minimum atomic E-state index is -4.50. The van der Waals surface area contributed by atoms with E-state index < -0.39 is 18.8 Å². The predicted octanol–water partition coefficient (Wildman–Crippen LogP) is 3.59. The normalized spacial score (nSPS) is 11.4. The first-order chi connectivity index (χ1) is 12.4. The number of rotatable bonds is 5. The Morgan fingerprint density at radius 1 is 1.04 bits per heavy atom. The fraction of sp³-hybridized carbons (Fsp3) is 0.176. The van der Waals surface area contributed by atoms with E-state index in [1.807, 2.05) is 0 Å². The van der Waals surface area contributed by atoms with Crippen LogP contribution in [-0.4, -0.2) is 39.8 Å². The third-order valence-electron chi connectivity index (χ3n) is 3.40. The molecule has 0 saturated heterocycles. The highest BCUT2D eigenvalue weighted by molar-refractivity contribution is 5.59. The van der Waals surface area contributed by atoms with Gasteiger partial charge in [-0.15, -0.1) is 5.10 Å². The van der Waals surface area contributed by atoms with Crippen LogP contribution in [0.3, 0.4) is 0 Å². The molecule has 0 aliphatic heterocycles. The summed E-state index contributed by atoms with van der Waals surface area (Å²) in [5, 5.41) is 13.4. The van der Waals surface area contributed by atoms with Crippen LogP contribution in [0.4, 0.5) is 13.2 Å². The smallest absolute Gasteiger partial charge is 0.422 e. The standard InChI is InChI=1S/C17H14F3N3O3/c1-25-14-8-4-12(5-9-14)23-15(11-2-6-13(24)7-3-11)21-16(22-23)26-10-17(18,19)20/h2-9,24H,10H2,1H3. The van der Waals surface area contributed by atoms with E-state index >= 15 is 0 Å². The SMILES string of the molecule is COc1ccc(-n2nc(OCC(F)(F)F)nc2-c2ccc(O)cc2)cc1. The third kappa shape index (κ3) is 4.05. The van der Waals surface area contributed by atoms with E-state index in [4.69, 9.17) is 4.74 Å². The van der Waals surface area contributed by atoms with Gasteiger partial charge in [0.2, 0.25) is 0 Å². The van der Waals surface area contributed by atoms with Crippen molar-refractivity contribution in [1.82, 2.24) is 14.8 Å². The van der Waals surface area contributed by atoms with Crippen molar-refractivity contribution in [3.63, 3.8) is 0 Å². The number of nitrogens with zero attached hydrogens (tertiary/aromatic N) is 3. The lowest BCUT2D eigenvalue weighted by Crippen LogP contribution is -2.19. The molecule has 0 atom stereocenters. The monoisotopic (exact) mass is 365 g/mol. The highest BCUT2D eigenvalue weighted by Gasteiger charge is 2.29. The molecule has 0 aliphatic carbocycles. The molecule has 0 unspecified atom stereocenters. The predicted molar refractivity (Wildman–Crippen MR) is 86.6 cm³/mol. The molecule has 3 rings (SSSR count). The van der Waals surface area contributed by atoms with E-state index in [1.165, 1.54) is 23.9 Å². The van der Waals surface area contributed by atoms with E-state index in [0.29, 0.717) is 17.0 Å². The number of aromatic nitrogens is 3. The second-order valence-corrected chi connectivity index (χ2v) is 5.28. The Labute approximate surface area is 146 Å². The second-order valence-electron chi connectivity index (χ2n) is 5.28. The number of alkyl halides is 3. The Hall–Kier alpha value is -3.23. The van der Waals surface area contributed by atoms with Crippen LogP contribution in [0.15, 0.2) is 48.5 Å². The average molecular weight is 365 g/mol. The number of halogens is 3. The second kappa shape index (κ2) is 6.95. The van der Waals surface area contributed by atoms with E-state index in [1.54, 1.807) is 36.4 Å². The fourth-order valence-corrected chi connectivity index (χ4v) is 2.20. The van der Waals surface area contributed by atoms with Crippen molar-refractivity contribution in [2.75, 3.05) is 13.7 Å². The highest BCUT2D eigenvalue weighted by atomic mass is 19.4. The van der Waals surface area contributed by atoms with E-state index in [2.05, 4.69) is 14.8 Å². The zero-order valence-corrected chi connectivity index (χ0v) is 13.6. The molecule has 9 heteroatoms. The molecule has 0 amide bonds. The summed E-state index contributed by atoms with van der Waals surface area (Å²) in [4.78, 5) is 4.05. The van der Waals surface area contributed by atoms with Crippen LogP contribution < -0.4 is 9.47 Å². The highest BCUT2D eigenvalue weighted by Crippen LogP contribution is 2.26. The molecule has 0 fully saturated rings. The number of methoxy groups -OCH3 is 1. The number of benzene rings is 2. The van der Waals surface area contributed by atoms with Crippen molar-refractivity contribution in [2.45, 2.75) is 6.18 Å². The first kappa shape index (κ1) is 17.6. The number of phenols is 1. The lowest BCUT2D eigenvalue weighted by molar-refractivity contribution is -0.154. The van der Waals surface area contributed by atoms with Crippen LogP contribution in [0.5, 0.6) is 17.5 Å². The summed E-state index contributed by atoms with van der Waals surface area (Å²) < 4.78 is 48.3. The molecule has 2 aromatic carbocycles. The Balaban J connectivity index is 2.01. The summed E-state index contributed by atoms with van der Waals surface area (Å²) in [6.45, 7) is -1.49. The molecule has 1 heterocycles. The van der Waals surface area contributed by atoms with Crippen molar-refractivity contribution in [1.29, 1.82) is 0 Å². The lowest BCUT2D eigenvalue weighted by Gasteiger charge is -2.07. The van der Waals surface area contributed by atoms with Gasteiger partial charge in [-0.3, -0.25) is 0 Å². The molecule has 0 spiro atoms. The maximum atomic E-state index is 12.4. The van der Waals surface area contributed by atoms with E-state index in [9.17, 15) is 18.3 Å². The van der Waals surface area contributed by atoms with E-state index in [0.717, 1.165) is 0 Å². The number of aromatic hydroxyl groups is 1. The lowest BCUT2D eigenvalue weighted by atomic mass is 10.2. The Bertz CT molecular complexity index is 875. The maximum absolute atomic E-state index is 12.4. The van der Waals surface area contributed by atoms with Gasteiger partial charge in [0.15, 0.2) is 12.4 Å². The van der Waals surface area contributed by atoms with Gasteiger partial charge in [0, 0.05) is 5.56 Å². The van der Waals surface area contributed by atoms with Crippen LogP contribution in [0.25, 0.3) is 17.1 Å². The number of ether oxygens (including phenoxy) is 2. The topological polar surface area (TPSA) is 69.4 Å². The molecule has 3 aromatic rings. The fourth-order valence-electron chi connectivity index (χ4n) is 2.20. The molecule has 136 valence electrons. The number of phenolic OH excluding ortho intramolecular Hbond substituents is 1. The zero-order chi connectivity index (χ0) is 18.7.